The van der Waals surface area contributed by atoms with Gasteiger partial charge >= 0.3 is 0 Å². The predicted octanol–water partition coefficient (Wildman–Crippen LogP) is 1.90. The lowest BCUT2D eigenvalue weighted by molar-refractivity contribution is 0.193. The van der Waals surface area contributed by atoms with E-state index < -0.39 is 0 Å². The molecule has 1 atom stereocenters. The standard InChI is InChI=1S/C14H20N2O/c15-9-11-1-3-12(4-2-11)16(13-5-6-13)14-7-8-17-10-14/h1-4,13-14H,5-10,15H2. The summed E-state index contributed by atoms with van der Waals surface area (Å²) in [7, 11) is 0. The third-order valence-corrected chi connectivity index (χ3v) is 3.71. The lowest BCUT2D eigenvalue weighted by atomic mass is 10.1. The zero-order valence-electron chi connectivity index (χ0n) is 10.1. The summed E-state index contributed by atoms with van der Waals surface area (Å²) in [5.41, 5.74) is 8.17. The number of ether oxygens (including phenoxy) is 1. The molecule has 0 bridgehead atoms. The second-order valence-corrected chi connectivity index (χ2v) is 5.03. The molecule has 0 aromatic heterocycles. The number of nitrogens with two attached hydrogens (primary N) is 1. The third-order valence-electron chi connectivity index (χ3n) is 3.71. The Kier molecular flexibility index (Phi) is 3.04. The molecule has 3 nitrogen and oxygen atoms in total. The van der Waals surface area contributed by atoms with Crippen molar-refractivity contribution < 1.29 is 4.74 Å². The lowest BCUT2D eigenvalue weighted by Crippen LogP contribution is -2.37. The fourth-order valence-electron chi connectivity index (χ4n) is 2.62. The number of rotatable bonds is 4. The molecule has 3 heteroatoms. The molecular weight excluding hydrogens is 212 g/mol. The summed E-state index contributed by atoms with van der Waals surface area (Å²) in [4.78, 5) is 2.56. The minimum atomic E-state index is 0.575. The zero-order chi connectivity index (χ0) is 11.7. The normalized spacial score (nSPS) is 23.9. The summed E-state index contributed by atoms with van der Waals surface area (Å²) in [6.45, 7) is 2.42. The monoisotopic (exact) mass is 232 g/mol. The highest BCUT2D eigenvalue weighted by atomic mass is 16.5. The Balaban J connectivity index is 1.81. The molecule has 3 rings (SSSR count). The summed E-state index contributed by atoms with van der Waals surface area (Å²) < 4.78 is 5.52. The number of hydrogen-bond donors (Lipinski definition) is 1. The molecule has 2 aliphatic rings. The van der Waals surface area contributed by atoms with E-state index in [-0.39, 0.29) is 0 Å². The Hall–Kier alpha value is -1.06. The fraction of sp³-hybridized carbons (Fsp3) is 0.571. The summed E-state index contributed by atoms with van der Waals surface area (Å²) in [5, 5.41) is 0. The van der Waals surface area contributed by atoms with Crippen LogP contribution in [0.3, 0.4) is 0 Å². The molecule has 1 saturated carbocycles. The van der Waals surface area contributed by atoms with Crippen molar-refractivity contribution in [3.05, 3.63) is 29.8 Å². The van der Waals surface area contributed by atoms with E-state index in [1.165, 1.54) is 24.1 Å². The first kappa shape index (κ1) is 11.1. The Morgan fingerprint density at radius 3 is 2.41 bits per heavy atom. The van der Waals surface area contributed by atoms with Crippen LogP contribution in [0.4, 0.5) is 5.69 Å². The average molecular weight is 232 g/mol. The molecule has 1 aromatic carbocycles. The van der Waals surface area contributed by atoms with Crippen LogP contribution in [0, 0.1) is 0 Å². The van der Waals surface area contributed by atoms with Crippen LogP contribution in [-0.4, -0.2) is 25.3 Å². The summed E-state index contributed by atoms with van der Waals surface area (Å²) in [5.74, 6) is 0. The van der Waals surface area contributed by atoms with Gasteiger partial charge in [0.2, 0.25) is 0 Å². The number of nitrogens with zero attached hydrogens (tertiary/aromatic N) is 1. The molecule has 1 saturated heterocycles. The van der Waals surface area contributed by atoms with E-state index in [0.29, 0.717) is 12.6 Å². The molecule has 1 aliphatic carbocycles. The van der Waals surface area contributed by atoms with E-state index in [1.807, 2.05) is 0 Å². The molecule has 1 aromatic rings. The van der Waals surface area contributed by atoms with Crippen molar-refractivity contribution in [3.63, 3.8) is 0 Å². The Morgan fingerprint density at radius 2 is 1.88 bits per heavy atom. The maximum Gasteiger partial charge on any atom is 0.0670 e. The smallest absolute Gasteiger partial charge is 0.0670 e. The van der Waals surface area contributed by atoms with Gasteiger partial charge in [-0.25, -0.2) is 0 Å². The topological polar surface area (TPSA) is 38.5 Å². The molecule has 1 aliphatic heterocycles. The first-order valence-corrected chi connectivity index (χ1v) is 6.53. The summed E-state index contributed by atoms with van der Waals surface area (Å²) in [6, 6.07) is 10.0. The van der Waals surface area contributed by atoms with Crippen molar-refractivity contribution in [2.24, 2.45) is 5.73 Å². The van der Waals surface area contributed by atoms with Crippen molar-refractivity contribution in [2.75, 3.05) is 18.1 Å². The quantitative estimate of drug-likeness (QED) is 0.861. The van der Waals surface area contributed by atoms with Gasteiger partial charge in [0.25, 0.3) is 0 Å². The highest BCUT2D eigenvalue weighted by Crippen LogP contribution is 2.35. The molecule has 2 N–H and O–H groups in total. The lowest BCUT2D eigenvalue weighted by Gasteiger charge is -2.30. The van der Waals surface area contributed by atoms with Gasteiger partial charge in [-0.15, -0.1) is 0 Å². The van der Waals surface area contributed by atoms with E-state index in [9.17, 15) is 0 Å². The van der Waals surface area contributed by atoms with Crippen molar-refractivity contribution in [3.8, 4) is 0 Å². The maximum atomic E-state index is 5.64. The van der Waals surface area contributed by atoms with Crippen LogP contribution in [0.25, 0.3) is 0 Å². The van der Waals surface area contributed by atoms with Gasteiger partial charge in [-0.05, 0) is 37.0 Å². The minimum absolute atomic E-state index is 0.575. The molecule has 0 amide bonds. The molecule has 0 radical (unpaired) electrons. The van der Waals surface area contributed by atoms with E-state index >= 15 is 0 Å². The molecule has 1 unspecified atom stereocenters. The number of anilines is 1. The van der Waals surface area contributed by atoms with Gasteiger partial charge < -0.3 is 15.4 Å². The van der Waals surface area contributed by atoms with Gasteiger partial charge in [-0.3, -0.25) is 0 Å². The van der Waals surface area contributed by atoms with E-state index in [2.05, 4.69) is 29.2 Å². The summed E-state index contributed by atoms with van der Waals surface area (Å²) in [6.07, 6.45) is 3.82. The van der Waals surface area contributed by atoms with Gasteiger partial charge in [0.1, 0.15) is 0 Å². The van der Waals surface area contributed by atoms with Gasteiger partial charge in [0.05, 0.1) is 12.6 Å². The highest BCUT2D eigenvalue weighted by Gasteiger charge is 2.35. The van der Waals surface area contributed by atoms with E-state index in [0.717, 1.165) is 25.7 Å². The first-order chi connectivity index (χ1) is 8.38. The Labute approximate surface area is 103 Å². The second kappa shape index (κ2) is 4.67. The van der Waals surface area contributed by atoms with E-state index in [4.69, 9.17) is 10.5 Å². The molecule has 17 heavy (non-hydrogen) atoms. The second-order valence-electron chi connectivity index (χ2n) is 5.03. The van der Waals surface area contributed by atoms with Crippen molar-refractivity contribution in [2.45, 2.75) is 37.9 Å². The zero-order valence-corrected chi connectivity index (χ0v) is 10.1. The van der Waals surface area contributed by atoms with Crippen molar-refractivity contribution >= 4 is 5.69 Å². The molecule has 2 fully saturated rings. The Bertz CT molecular complexity index is 366. The van der Waals surface area contributed by atoms with Crippen molar-refractivity contribution in [1.29, 1.82) is 0 Å². The number of hydrogen-bond acceptors (Lipinski definition) is 3. The van der Waals surface area contributed by atoms with Gasteiger partial charge in [0.15, 0.2) is 0 Å². The minimum Gasteiger partial charge on any atom is -0.379 e. The molecular formula is C14H20N2O. The van der Waals surface area contributed by atoms with Crippen LogP contribution >= 0.6 is 0 Å². The van der Waals surface area contributed by atoms with Crippen LogP contribution in [0.1, 0.15) is 24.8 Å². The maximum absolute atomic E-state index is 5.64. The van der Waals surface area contributed by atoms with Crippen LogP contribution in [0.2, 0.25) is 0 Å². The molecule has 92 valence electrons. The predicted molar refractivity (Wildman–Crippen MR) is 69.1 cm³/mol. The van der Waals surface area contributed by atoms with Crippen LogP contribution in [0.15, 0.2) is 24.3 Å². The van der Waals surface area contributed by atoms with Crippen molar-refractivity contribution in [1.82, 2.24) is 0 Å². The number of benzene rings is 1. The Morgan fingerprint density at radius 1 is 1.12 bits per heavy atom. The third kappa shape index (κ3) is 2.31. The van der Waals surface area contributed by atoms with Crippen LogP contribution in [0.5, 0.6) is 0 Å². The molecule has 1 heterocycles. The largest absolute Gasteiger partial charge is 0.379 e. The fourth-order valence-corrected chi connectivity index (χ4v) is 2.62. The van der Waals surface area contributed by atoms with Crippen LogP contribution in [-0.2, 0) is 11.3 Å². The molecule has 0 spiro atoms. The van der Waals surface area contributed by atoms with Crippen LogP contribution < -0.4 is 10.6 Å². The average Bonchev–Trinajstić information content (AvgIpc) is 3.05. The highest BCUT2D eigenvalue weighted by molar-refractivity contribution is 5.51. The first-order valence-electron chi connectivity index (χ1n) is 6.53. The SMILES string of the molecule is NCc1ccc(N(C2CC2)C2CCOC2)cc1. The van der Waals surface area contributed by atoms with Gasteiger partial charge in [-0.2, -0.15) is 0 Å². The summed E-state index contributed by atoms with van der Waals surface area (Å²) >= 11 is 0. The van der Waals surface area contributed by atoms with E-state index in [1.54, 1.807) is 0 Å². The van der Waals surface area contributed by atoms with Gasteiger partial charge in [-0.1, -0.05) is 12.1 Å². The van der Waals surface area contributed by atoms with Gasteiger partial charge in [0, 0.05) is 24.9 Å².